The van der Waals surface area contributed by atoms with Crippen molar-refractivity contribution in [3.8, 4) is 0 Å². The fraction of sp³-hybridized carbons (Fsp3) is 0.500. The van der Waals surface area contributed by atoms with Gasteiger partial charge in [0.15, 0.2) is 0 Å². The van der Waals surface area contributed by atoms with Gasteiger partial charge in [-0.15, -0.1) is 11.3 Å². The van der Waals surface area contributed by atoms with Gasteiger partial charge in [-0.05, 0) is 18.8 Å². The number of aromatic nitrogens is 3. The summed E-state index contributed by atoms with van der Waals surface area (Å²) in [6, 6.07) is 0. The molecule has 0 aliphatic rings. The molecule has 2 rings (SSSR count). The fourth-order valence-electron chi connectivity index (χ4n) is 1.76. The number of rotatable bonds is 3. The van der Waals surface area contributed by atoms with Crippen LogP contribution in [0.2, 0.25) is 0 Å². The van der Waals surface area contributed by atoms with Gasteiger partial charge >= 0.3 is 6.09 Å². The van der Waals surface area contributed by atoms with E-state index in [1.54, 1.807) is 17.5 Å². The first kappa shape index (κ1) is 14.7. The van der Waals surface area contributed by atoms with Crippen LogP contribution < -0.4 is 0 Å². The van der Waals surface area contributed by atoms with E-state index >= 15 is 0 Å². The molecular weight excluding hydrogens is 274 g/mol. The van der Waals surface area contributed by atoms with E-state index in [1.807, 2.05) is 6.92 Å². The highest BCUT2D eigenvalue weighted by Crippen LogP contribution is 2.27. The Bertz CT molecular complexity index is 582. The molecule has 2 aromatic heterocycles. The highest BCUT2D eigenvalue weighted by atomic mass is 32.1. The van der Waals surface area contributed by atoms with Crippen LogP contribution in [-0.4, -0.2) is 20.6 Å². The highest BCUT2D eigenvalue weighted by molar-refractivity contribution is 7.11. The van der Waals surface area contributed by atoms with Crippen LogP contribution >= 0.6 is 11.3 Å². The lowest BCUT2D eigenvalue weighted by atomic mass is 9.91. The Morgan fingerprint density at radius 3 is 2.80 bits per heavy atom. The third-order valence-electron chi connectivity index (χ3n) is 2.66. The third-order valence-corrected chi connectivity index (χ3v) is 3.79. The van der Waals surface area contributed by atoms with Crippen molar-refractivity contribution in [2.24, 2.45) is 5.41 Å². The third kappa shape index (κ3) is 3.90. The molecule has 0 spiro atoms. The number of aryl methyl sites for hydroxylation is 1. The topological polar surface area (TPSA) is 57.0 Å². The van der Waals surface area contributed by atoms with Gasteiger partial charge in [0.05, 0.1) is 5.69 Å². The number of carbonyl (C=O) groups is 1. The van der Waals surface area contributed by atoms with Crippen LogP contribution in [0.4, 0.5) is 4.79 Å². The van der Waals surface area contributed by atoms with Crippen molar-refractivity contribution in [1.82, 2.24) is 14.5 Å². The second-order valence-electron chi connectivity index (χ2n) is 5.88. The van der Waals surface area contributed by atoms with E-state index in [9.17, 15) is 4.79 Å². The Morgan fingerprint density at radius 1 is 1.45 bits per heavy atom. The fourth-order valence-corrected chi connectivity index (χ4v) is 3.04. The Balaban J connectivity index is 1.97. The number of hydrogen-bond donors (Lipinski definition) is 0. The minimum Gasteiger partial charge on any atom is -0.441 e. The smallest absolute Gasteiger partial charge is 0.419 e. The summed E-state index contributed by atoms with van der Waals surface area (Å²) in [5, 5.41) is 0.829. The molecule has 0 radical (unpaired) electrons. The Hall–Kier alpha value is -1.69. The quantitative estimate of drug-likeness (QED) is 0.870. The van der Waals surface area contributed by atoms with Gasteiger partial charge < -0.3 is 4.74 Å². The zero-order valence-corrected chi connectivity index (χ0v) is 13.0. The minimum atomic E-state index is -0.437. The number of imidazole rings is 1. The maximum atomic E-state index is 11.7. The molecule has 2 heterocycles. The van der Waals surface area contributed by atoms with E-state index in [0.29, 0.717) is 0 Å². The lowest BCUT2D eigenvalue weighted by Crippen LogP contribution is -2.11. The minimum absolute atomic E-state index is 0.201. The summed E-state index contributed by atoms with van der Waals surface area (Å²) in [6.07, 6.45) is 5.05. The van der Waals surface area contributed by atoms with Crippen LogP contribution in [0.1, 0.15) is 36.3 Å². The molecule has 0 N–H and O–H groups in total. The van der Waals surface area contributed by atoms with Gasteiger partial charge in [0.2, 0.25) is 0 Å². The van der Waals surface area contributed by atoms with E-state index in [0.717, 1.165) is 17.1 Å². The predicted octanol–water partition coefficient (Wildman–Crippen LogP) is 3.42. The Morgan fingerprint density at radius 2 is 2.20 bits per heavy atom. The number of hydrogen-bond acceptors (Lipinski definition) is 5. The van der Waals surface area contributed by atoms with Gasteiger partial charge in [-0.25, -0.2) is 19.3 Å². The van der Waals surface area contributed by atoms with E-state index in [2.05, 4.69) is 30.7 Å². The summed E-state index contributed by atoms with van der Waals surface area (Å²) in [7, 11) is 0. The van der Waals surface area contributed by atoms with Crippen molar-refractivity contribution < 1.29 is 9.53 Å². The standard InChI is InChI=1S/C14H19N3O2S/c1-10-11(7-14(2,3)4)20-12(16-10)8-19-13(18)17-6-5-15-9-17/h5-6,9H,7-8H2,1-4H3. The molecular formula is C14H19N3O2S. The van der Waals surface area contributed by atoms with E-state index in [1.165, 1.54) is 22.0 Å². The summed E-state index contributed by atoms with van der Waals surface area (Å²) in [6.45, 7) is 8.80. The molecule has 0 saturated carbocycles. The zero-order valence-electron chi connectivity index (χ0n) is 12.2. The number of nitrogens with zero attached hydrogens (tertiary/aromatic N) is 3. The molecule has 0 aliphatic carbocycles. The summed E-state index contributed by atoms with van der Waals surface area (Å²) in [5.41, 5.74) is 1.25. The van der Waals surface area contributed by atoms with E-state index in [4.69, 9.17) is 4.74 Å². The predicted molar refractivity (Wildman–Crippen MR) is 77.8 cm³/mol. The summed E-state index contributed by atoms with van der Waals surface area (Å²) >= 11 is 1.61. The Kier molecular flexibility index (Phi) is 4.23. The van der Waals surface area contributed by atoms with Crippen LogP contribution in [0.15, 0.2) is 18.7 Å². The van der Waals surface area contributed by atoms with E-state index in [-0.39, 0.29) is 12.0 Å². The van der Waals surface area contributed by atoms with Crippen molar-refractivity contribution in [3.05, 3.63) is 34.3 Å². The van der Waals surface area contributed by atoms with Crippen molar-refractivity contribution in [1.29, 1.82) is 0 Å². The molecule has 5 nitrogen and oxygen atoms in total. The normalized spacial score (nSPS) is 11.6. The van der Waals surface area contributed by atoms with Gasteiger partial charge in [-0.1, -0.05) is 20.8 Å². The van der Waals surface area contributed by atoms with Gasteiger partial charge in [-0.3, -0.25) is 0 Å². The molecule has 0 bridgehead atoms. The molecule has 20 heavy (non-hydrogen) atoms. The van der Waals surface area contributed by atoms with E-state index < -0.39 is 6.09 Å². The molecule has 0 aromatic carbocycles. The SMILES string of the molecule is Cc1nc(COC(=O)n2ccnc2)sc1CC(C)(C)C. The van der Waals surface area contributed by atoms with Crippen molar-refractivity contribution in [2.45, 2.75) is 40.7 Å². The molecule has 0 fully saturated rings. The van der Waals surface area contributed by atoms with Crippen molar-refractivity contribution in [2.75, 3.05) is 0 Å². The highest BCUT2D eigenvalue weighted by Gasteiger charge is 2.17. The van der Waals surface area contributed by atoms with Crippen LogP contribution in [0.5, 0.6) is 0 Å². The first-order valence-electron chi connectivity index (χ1n) is 6.45. The molecule has 0 aliphatic heterocycles. The monoisotopic (exact) mass is 293 g/mol. The summed E-state index contributed by atoms with van der Waals surface area (Å²) < 4.78 is 6.50. The largest absolute Gasteiger partial charge is 0.441 e. The molecule has 0 saturated heterocycles. The molecule has 2 aromatic rings. The lowest BCUT2D eigenvalue weighted by Gasteiger charge is -2.16. The van der Waals surface area contributed by atoms with Crippen LogP contribution in [0.3, 0.4) is 0 Å². The van der Waals surface area contributed by atoms with Gasteiger partial charge in [0, 0.05) is 17.3 Å². The average molecular weight is 293 g/mol. The molecule has 108 valence electrons. The zero-order chi connectivity index (χ0) is 14.8. The molecule has 6 heteroatoms. The van der Waals surface area contributed by atoms with Crippen molar-refractivity contribution in [3.63, 3.8) is 0 Å². The van der Waals surface area contributed by atoms with Gasteiger partial charge in [0.25, 0.3) is 0 Å². The van der Waals surface area contributed by atoms with Gasteiger partial charge in [0.1, 0.15) is 17.9 Å². The first-order chi connectivity index (χ1) is 9.35. The second-order valence-corrected chi connectivity index (χ2v) is 7.05. The average Bonchev–Trinajstić information content (AvgIpc) is 2.95. The second kappa shape index (κ2) is 5.75. The first-order valence-corrected chi connectivity index (χ1v) is 7.27. The lowest BCUT2D eigenvalue weighted by molar-refractivity contribution is 0.141. The van der Waals surface area contributed by atoms with Crippen LogP contribution in [0, 0.1) is 12.3 Å². The number of thiazole rings is 1. The maximum absolute atomic E-state index is 11.7. The molecule has 0 unspecified atom stereocenters. The molecule has 0 atom stereocenters. The van der Waals surface area contributed by atoms with Crippen molar-refractivity contribution >= 4 is 17.4 Å². The van der Waals surface area contributed by atoms with Crippen LogP contribution in [0.25, 0.3) is 0 Å². The summed E-state index contributed by atoms with van der Waals surface area (Å²) in [5.74, 6) is 0. The Labute approximate surface area is 122 Å². The van der Waals surface area contributed by atoms with Gasteiger partial charge in [-0.2, -0.15) is 0 Å². The van der Waals surface area contributed by atoms with Crippen LogP contribution in [-0.2, 0) is 17.8 Å². The maximum Gasteiger partial charge on any atom is 0.419 e. The summed E-state index contributed by atoms with van der Waals surface area (Å²) in [4.78, 5) is 21.2. The number of carbonyl (C=O) groups excluding carboxylic acids is 1. The molecule has 0 amide bonds. The number of ether oxygens (including phenoxy) is 1.